The lowest BCUT2D eigenvalue weighted by molar-refractivity contribution is -0.141. The summed E-state index contributed by atoms with van der Waals surface area (Å²) in [4.78, 5) is 11.4. The highest BCUT2D eigenvalue weighted by atomic mass is 16.5. The molecule has 1 aromatic rings. The molecule has 0 radical (unpaired) electrons. The van der Waals surface area contributed by atoms with Crippen molar-refractivity contribution in [2.75, 3.05) is 18.5 Å². The van der Waals surface area contributed by atoms with Crippen LogP contribution in [-0.2, 0) is 9.53 Å². The van der Waals surface area contributed by atoms with E-state index >= 15 is 0 Å². The van der Waals surface area contributed by atoms with Gasteiger partial charge >= 0.3 is 5.97 Å². The Morgan fingerprint density at radius 3 is 2.65 bits per heavy atom. The van der Waals surface area contributed by atoms with Crippen molar-refractivity contribution in [1.82, 2.24) is 0 Å². The molecule has 0 saturated carbocycles. The monoisotopic (exact) mass is 235 g/mol. The first kappa shape index (κ1) is 13.6. The van der Waals surface area contributed by atoms with E-state index in [1.807, 2.05) is 30.3 Å². The van der Waals surface area contributed by atoms with Crippen LogP contribution in [0.15, 0.2) is 30.3 Å². The van der Waals surface area contributed by atoms with Gasteiger partial charge in [0.25, 0.3) is 0 Å². The molecule has 0 spiro atoms. The molecular formula is C14H21NO2. The first-order valence-electron chi connectivity index (χ1n) is 6.13. The van der Waals surface area contributed by atoms with Crippen LogP contribution in [0, 0.1) is 5.92 Å². The van der Waals surface area contributed by atoms with E-state index < -0.39 is 0 Å². The molecule has 0 aromatic heterocycles. The van der Waals surface area contributed by atoms with Crippen LogP contribution in [0.1, 0.15) is 26.7 Å². The first-order chi connectivity index (χ1) is 8.18. The topological polar surface area (TPSA) is 38.3 Å². The third-order valence-electron chi connectivity index (χ3n) is 2.40. The standard InChI is InChI=1S/C14H21NO2/c1-12(2)7-6-10-17-14(16)11-15-13-8-4-3-5-9-13/h3-5,8-9,12,15H,6-7,10-11H2,1-2H3. The number of rotatable bonds is 7. The van der Waals surface area contributed by atoms with Crippen molar-refractivity contribution < 1.29 is 9.53 Å². The zero-order valence-electron chi connectivity index (χ0n) is 10.6. The summed E-state index contributed by atoms with van der Waals surface area (Å²) >= 11 is 0. The van der Waals surface area contributed by atoms with Gasteiger partial charge in [0.15, 0.2) is 0 Å². The van der Waals surface area contributed by atoms with Crippen LogP contribution >= 0.6 is 0 Å². The first-order valence-corrected chi connectivity index (χ1v) is 6.13. The van der Waals surface area contributed by atoms with Gasteiger partial charge in [-0.2, -0.15) is 0 Å². The van der Waals surface area contributed by atoms with Gasteiger partial charge in [0.05, 0.1) is 6.61 Å². The number of para-hydroxylation sites is 1. The molecule has 1 rings (SSSR count). The number of anilines is 1. The van der Waals surface area contributed by atoms with E-state index in [2.05, 4.69) is 19.2 Å². The average Bonchev–Trinajstić information content (AvgIpc) is 2.33. The molecule has 94 valence electrons. The molecule has 0 heterocycles. The summed E-state index contributed by atoms with van der Waals surface area (Å²) in [7, 11) is 0. The maximum Gasteiger partial charge on any atom is 0.325 e. The minimum absolute atomic E-state index is 0.197. The van der Waals surface area contributed by atoms with Gasteiger partial charge in [-0.3, -0.25) is 4.79 Å². The average molecular weight is 235 g/mol. The Morgan fingerprint density at radius 2 is 2.00 bits per heavy atom. The molecule has 0 aliphatic rings. The maximum atomic E-state index is 11.4. The zero-order chi connectivity index (χ0) is 12.5. The van der Waals surface area contributed by atoms with Crippen molar-refractivity contribution in [2.45, 2.75) is 26.7 Å². The van der Waals surface area contributed by atoms with Crippen LogP contribution in [0.4, 0.5) is 5.69 Å². The second-order valence-corrected chi connectivity index (χ2v) is 4.48. The summed E-state index contributed by atoms with van der Waals surface area (Å²) < 4.78 is 5.11. The highest BCUT2D eigenvalue weighted by Crippen LogP contribution is 2.05. The summed E-state index contributed by atoms with van der Waals surface area (Å²) in [6.45, 7) is 5.08. The minimum Gasteiger partial charge on any atom is -0.464 e. The number of benzene rings is 1. The fraction of sp³-hybridized carbons (Fsp3) is 0.500. The van der Waals surface area contributed by atoms with Crippen LogP contribution in [0.2, 0.25) is 0 Å². The third-order valence-corrected chi connectivity index (χ3v) is 2.40. The Hall–Kier alpha value is -1.51. The van der Waals surface area contributed by atoms with Gasteiger partial charge in [0.2, 0.25) is 0 Å². The highest BCUT2D eigenvalue weighted by molar-refractivity contribution is 5.74. The van der Waals surface area contributed by atoms with E-state index in [9.17, 15) is 4.79 Å². The molecule has 0 amide bonds. The van der Waals surface area contributed by atoms with Crippen molar-refractivity contribution in [1.29, 1.82) is 0 Å². The fourth-order valence-electron chi connectivity index (χ4n) is 1.46. The Bertz CT molecular complexity index is 322. The minimum atomic E-state index is -0.197. The fourth-order valence-corrected chi connectivity index (χ4v) is 1.46. The third kappa shape index (κ3) is 6.61. The molecule has 0 saturated heterocycles. The zero-order valence-corrected chi connectivity index (χ0v) is 10.6. The largest absolute Gasteiger partial charge is 0.464 e. The summed E-state index contributed by atoms with van der Waals surface area (Å²) in [5.74, 6) is 0.466. The molecule has 1 aromatic carbocycles. The van der Waals surface area contributed by atoms with Crippen molar-refractivity contribution >= 4 is 11.7 Å². The lowest BCUT2D eigenvalue weighted by atomic mass is 10.1. The number of hydrogen-bond acceptors (Lipinski definition) is 3. The summed E-state index contributed by atoms with van der Waals surface area (Å²) in [6, 6.07) is 9.64. The molecule has 0 fully saturated rings. The van der Waals surface area contributed by atoms with E-state index in [0.717, 1.165) is 18.5 Å². The molecule has 0 aliphatic heterocycles. The van der Waals surface area contributed by atoms with Gasteiger partial charge in [-0.15, -0.1) is 0 Å². The maximum absolute atomic E-state index is 11.4. The number of nitrogens with one attached hydrogen (secondary N) is 1. The molecule has 1 N–H and O–H groups in total. The summed E-state index contributed by atoms with van der Waals surface area (Å²) in [5.41, 5.74) is 0.937. The van der Waals surface area contributed by atoms with Crippen LogP contribution in [0.5, 0.6) is 0 Å². The smallest absolute Gasteiger partial charge is 0.325 e. The van der Waals surface area contributed by atoms with Crippen molar-refractivity contribution in [2.24, 2.45) is 5.92 Å². The number of esters is 1. The Balaban J connectivity index is 2.09. The lowest BCUT2D eigenvalue weighted by Crippen LogP contribution is -2.17. The van der Waals surface area contributed by atoms with Gasteiger partial charge in [-0.25, -0.2) is 0 Å². The van der Waals surface area contributed by atoms with E-state index in [-0.39, 0.29) is 12.5 Å². The van der Waals surface area contributed by atoms with E-state index in [0.29, 0.717) is 12.5 Å². The second kappa shape index (κ2) is 7.71. The van der Waals surface area contributed by atoms with Crippen LogP contribution in [0.25, 0.3) is 0 Å². The van der Waals surface area contributed by atoms with Gasteiger partial charge < -0.3 is 10.1 Å². The quantitative estimate of drug-likeness (QED) is 0.583. The predicted molar refractivity (Wildman–Crippen MR) is 70.0 cm³/mol. The second-order valence-electron chi connectivity index (χ2n) is 4.48. The molecular weight excluding hydrogens is 214 g/mol. The number of ether oxygens (including phenoxy) is 1. The lowest BCUT2D eigenvalue weighted by Gasteiger charge is -2.08. The number of carbonyl (C=O) groups excluding carboxylic acids is 1. The number of carbonyl (C=O) groups is 1. The Morgan fingerprint density at radius 1 is 1.29 bits per heavy atom. The molecule has 0 bridgehead atoms. The van der Waals surface area contributed by atoms with Gasteiger partial charge in [-0.1, -0.05) is 32.0 Å². The SMILES string of the molecule is CC(C)CCCOC(=O)CNc1ccccc1. The van der Waals surface area contributed by atoms with Crippen LogP contribution in [-0.4, -0.2) is 19.1 Å². The summed E-state index contributed by atoms with van der Waals surface area (Å²) in [5, 5.41) is 3.02. The molecule has 0 atom stereocenters. The van der Waals surface area contributed by atoms with Crippen molar-refractivity contribution in [3.8, 4) is 0 Å². The molecule has 3 heteroatoms. The van der Waals surface area contributed by atoms with Crippen molar-refractivity contribution in [3.05, 3.63) is 30.3 Å². The number of hydrogen-bond donors (Lipinski definition) is 1. The predicted octanol–water partition coefficient (Wildman–Crippen LogP) is 3.08. The van der Waals surface area contributed by atoms with Crippen LogP contribution in [0.3, 0.4) is 0 Å². The van der Waals surface area contributed by atoms with Gasteiger partial charge in [0, 0.05) is 5.69 Å². The van der Waals surface area contributed by atoms with Crippen LogP contribution < -0.4 is 5.32 Å². The summed E-state index contributed by atoms with van der Waals surface area (Å²) in [6.07, 6.45) is 2.04. The molecule has 0 unspecified atom stereocenters. The molecule has 3 nitrogen and oxygen atoms in total. The molecule has 0 aliphatic carbocycles. The van der Waals surface area contributed by atoms with E-state index in [1.165, 1.54) is 0 Å². The van der Waals surface area contributed by atoms with E-state index in [4.69, 9.17) is 4.74 Å². The van der Waals surface area contributed by atoms with Crippen molar-refractivity contribution in [3.63, 3.8) is 0 Å². The Labute approximate surface area is 103 Å². The normalized spacial score (nSPS) is 10.3. The van der Waals surface area contributed by atoms with E-state index in [1.54, 1.807) is 0 Å². The van der Waals surface area contributed by atoms with Gasteiger partial charge in [-0.05, 0) is 30.9 Å². The Kier molecular flexibility index (Phi) is 6.15. The highest BCUT2D eigenvalue weighted by Gasteiger charge is 2.02. The van der Waals surface area contributed by atoms with Gasteiger partial charge in [0.1, 0.15) is 6.54 Å². The molecule has 17 heavy (non-hydrogen) atoms.